The van der Waals surface area contributed by atoms with Crippen LogP contribution in [0.25, 0.3) is 0 Å². The van der Waals surface area contributed by atoms with Crippen LogP contribution in [0.5, 0.6) is 0 Å². The predicted molar refractivity (Wildman–Crippen MR) is 69.6 cm³/mol. The maximum Gasteiger partial charge on any atom is 0.210 e. The molecular formula is C12H19N5. The highest BCUT2D eigenvalue weighted by Crippen LogP contribution is 2.21. The normalized spacial score (nSPS) is 17.2. The summed E-state index contributed by atoms with van der Waals surface area (Å²) < 4.78 is 0. The predicted octanol–water partition coefficient (Wildman–Crippen LogP) is 1.56. The van der Waals surface area contributed by atoms with Crippen LogP contribution in [0.2, 0.25) is 0 Å². The molecule has 0 unspecified atom stereocenters. The molecule has 0 atom stereocenters. The number of nitrogens with two attached hydrogens (primary N) is 1. The van der Waals surface area contributed by atoms with Crippen molar-refractivity contribution in [3.8, 4) is 0 Å². The molecule has 92 valence electrons. The Morgan fingerprint density at radius 1 is 1.47 bits per heavy atom. The standard InChI is InChI=1S/C12H19N5/c1-9-6-7-14-8-11(9)16-12(17-13)15-10-4-2-3-5-10/h6-8,10H,2-5,13H2,1H3,(H2,15,16,17). The number of nitrogens with zero attached hydrogens (tertiary/aromatic N) is 2. The van der Waals surface area contributed by atoms with Crippen LogP contribution in [0.3, 0.4) is 0 Å². The lowest BCUT2D eigenvalue weighted by Gasteiger charge is -2.12. The third-order valence-corrected chi connectivity index (χ3v) is 3.07. The smallest absolute Gasteiger partial charge is 0.210 e. The van der Waals surface area contributed by atoms with Gasteiger partial charge in [-0.15, -0.1) is 0 Å². The van der Waals surface area contributed by atoms with Crippen LogP contribution in [-0.4, -0.2) is 17.0 Å². The monoisotopic (exact) mass is 233 g/mol. The number of hydrazine groups is 1. The Morgan fingerprint density at radius 3 is 2.88 bits per heavy atom. The Balaban J connectivity index is 2.06. The van der Waals surface area contributed by atoms with Crippen LogP contribution in [-0.2, 0) is 0 Å². The van der Waals surface area contributed by atoms with Crippen molar-refractivity contribution >= 4 is 11.6 Å². The minimum absolute atomic E-state index is 0.394. The summed E-state index contributed by atoms with van der Waals surface area (Å²) in [5.41, 5.74) is 4.67. The number of aliphatic imine (C=N–C) groups is 1. The van der Waals surface area contributed by atoms with Crippen molar-refractivity contribution in [1.82, 2.24) is 10.4 Å². The first-order chi connectivity index (χ1) is 8.29. The fourth-order valence-electron chi connectivity index (χ4n) is 2.04. The van der Waals surface area contributed by atoms with Crippen molar-refractivity contribution in [2.24, 2.45) is 10.8 Å². The molecule has 1 fully saturated rings. The van der Waals surface area contributed by atoms with Crippen LogP contribution in [0.15, 0.2) is 23.5 Å². The minimum atomic E-state index is 0.394. The molecule has 1 aliphatic rings. The van der Waals surface area contributed by atoms with Crippen molar-refractivity contribution in [2.75, 3.05) is 5.32 Å². The lowest BCUT2D eigenvalue weighted by Crippen LogP contribution is -2.37. The summed E-state index contributed by atoms with van der Waals surface area (Å²) in [5.74, 6) is 6.10. The average Bonchev–Trinajstić information content (AvgIpc) is 2.84. The molecule has 0 aliphatic heterocycles. The average molecular weight is 233 g/mol. The summed E-state index contributed by atoms with van der Waals surface area (Å²) in [6.45, 7) is 2.02. The Hall–Kier alpha value is -1.62. The Kier molecular flexibility index (Phi) is 3.93. The van der Waals surface area contributed by atoms with Crippen molar-refractivity contribution < 1.29 is 0 Å². The summed E-state index contributed by atoms with van der Waals surface area (Å²) >= 11 is 0. The first-order valence-corrected chi connectivity index (χ1v) is 6.01. The van der Waals surface area contributed by atoms with Gasteiger partial charge in [0.05, 0.1) is 17.9 Å². The fraction of sp³-hybridized carbons (Fsp3) is 0.500. The molecule has 1 aromatic rings. The highest BCUT2D eigenvalue weighted by Gasteiger charge is 2.14. The van der Waals surface area contributed by atoms with Crippen LogP contribution >= 0.6 is 0 Å². The van der Waals surface area contributed by atoms with Crippen molar-refractivity contribution in [1.29, 1.82) is 0 Å². The number of guanidine groups is 1. The molecule has 1 aromatic heterocycles. The van der Waals surface area contributed by atoms with Crippen LogP contribution in [0.4, 0.5) is 5.69 Å². The topological polar surface area (TPSA) is 75.3 Å². The molecule has 0 aromatic carbocycles. The number of aromatic nitrogens is 1. The molecule has 0 saturated heterocycles. The largest absolute Gasteiger partial charge is 0.324 e. The van der Waals surface area contributed by atoms with Gasteiger partial charge in [0.25, 0.3) is 0 Å². The molecular weight excluding hydrogens is 214 g/mol. The van der Waals surface area contributed by atoms with E-state index in [4.69, 9.17) is 5.84 Å². The number of rotatable bonds is 2. The van der Waals surface area contributed by atoms with E-state index < -0.39 is 0 Å². The van der Waals surface area contributed by atoms with Gasteiger partial charge in [0.15, 0.2) is 0 Å². The molecule has 0 bridgehead atoms. The molecule has 0 amide bonds. The summed E-state index contributed by atoms with van der Waals surface area (Å²) in [6, 6.07) is 2.34. The maximum atomic E-state index is 5.49. The second kappa shape index (κ2) is 5.63. The van der Waals surface area contributed by atoms with E-state index in [-0.39, 0.29) is 0 Å². The van der Waals surface area contributed by atoms with Crippen LogP contribution in [0.1, 0.15) is 31.2 Å². The van der Waals surface area contributed by atoms with Crippen LogP contribution in [0, 0.1) is 6.92 Å². The Labute approximate surface area is 102 Å². The molecule has 0 spiro atoms. The van der Waals surface area contributed by atoms with Crippen molar-refractivity contribution in [3.05, 3.63) is 24.0 Å². The Morgan fingerprint density at radius 2 is 2.24 bits per heavy atom. The van der Waals surface area contributed by atoms with Crippen LogP contribution < -0.4 is 16.6 Å². The van der Waals surface area contributed by atoms with Crippen molar-refractivity contribution in [3.63, 3.8) is 0 Å². The first-order valence-electron chi connectivity index (χ1n) is 6.01. The lowest BCUT2D eigenvalue weighted by atomic mass is 10.2. The van der Waals surface area contributed by atoms with Gasteiger partial charge in [-0.25, -0.2) is 10.8 Å². The third kappa shape index (κ3) is 3.17. The minimum Gasteiger partial charge on any atom is -0.324 e. The van der Waals surface area contributed by atoms with Gasteiger partial charge < -0.3 is 5.32 Å². The maximum absolute atomic E-state index is 5.49. The highest BCUT2D eigenvalue weighted by molar-refractivity contribution is 5.93. The molecule has 4 N–H and O–H groups in total. The van der Waals surface area contributed by atoms with E-state index in [1.807, 2.05) is 13.0 Å². The lowest BCUT2D eigenvalue weighted by molar-refractivity contribution is 0.700. The van der Waals surface area contributed by atoms with Gasteiger partial charge >= 0.3 is 0 Å². The number of pyridine rings is 1. The SMILES string of the molecule is Cc1ccncc1NC(=NC1CCCC1)NN. The number of anilines is 1. The fourth-order valence-corrected chi connectivity index (χ4v) is 2.04. The molecule has 1 saturated carbocycles. The third-order valence-electron chi connectivity index (χ3n) is 3.07. The summed E-state index contributed by atoms with van der Waals surface area (Å²) in [4.78, 5) is 8.65. The van der Waals surface area contributed by atoms with Gasteiger partial charge in [0, 0.05) is 6.20 Å². The highest BCUT2D eigenvalue weighted by atomic mass is 15.3. The first kappa shape index (κ1) is 11.9. The van der Waals surface area contributed by atoms with Gasteiger partial charge in [-0.05, 0) is 31.4 Å². The quantitative estimate of drug-likeness (QED) is 0.314. The molecule has 0 radical (unpaired) electrons. The Bertz CT molecular complexity index is 396. The summed E-state index contributed by atoms with van der Waals surface area (Å²) in [6.07, 6.45) is 8.37. The van der Waals surface area contributed by atoms with E-state index in [1.54, 1.807) is 12.4 Å². The zero-order valence-electron chi connectivity index (χ0n) is 10.1. The van der Waals surface area contributed by atoms with Gasteiger partial charge in [-0.1, -0.05) is 12.8 Å². The van der Waals surface area contributed by atoms with E-state index in [1.165, 1.54) is 12.8 Å². The molecule has 2 rings (SSSR count). The zero-order valence-corrected chi connectivity index (χ0v) is 10.1. The second-order valence-corrected chi connectivity index (χ2v) is 4.38. The molecule has 1 heterocycles. The van der Waals surface area contributed by atoms with E-state index >= 15 is 0 Å². The molecule has 1 aliphatic carbocycles. The number of hydrogen-bond acceptors (Lipinski definition) is 3. The molecule has 17 heavy (non-hydrogen) atoms. The van der Waals surface area contributed by atoms with Gasteiger partial charge in [-0.2, -0.15) is 0 Å². The molecule has 5 nitrogen and oxygen atoms in total. The van der Waals surface area contributed by atoms with E-state index in [0.29, 0.717) is 12.0 Å². The number of aryl methyl sites for hydroxylation is 1. The van der Waals surface area contributed by atoms with Gasteiger partial charge in [0.1, 0.15) is 0 Å². The summed E-state index contributed by atoms with van der Waals surface area (Å²) in [5, 5.41) is 3.18. The zero-order chi connectivity index (χ0) is 12.1. The van der Waals surface area contributed by atoms with E-state index in [2.05, 4.69) is 20.7 Å². The number of nitrogens with one attached hydrogen (secondary N) is 2. The molecule has 5 heteroatoms. The van der Waals surface area contributed by atoms with Gasteiger partial charge in [0.2, 0.25) is 5.96 Å². The van der Waals surface area contributed by atoms with E-state index in [0.717, 1.165) is 24.1 Å². The number of hydrogen-bond donors (Lipinski definition) is 3. The second-order valence-electron chi connectivity index (χ2n) is 4.38. The van der Waals surface area contributed by atoms with E-state index in [9.17, 15) is 0 Å². The van der Waals surface area contributed by atoms with Crippen molar-refractivity contribution in [2.45, 2.75) is 38.6 Å². The summed E-state index contributed by atoms with van der Waals surface area (Å²) in [7, 11) is 0. The van der Waals surface area contributed by atoms with Gasteiger partial charge in [-0.3, -0.25) is 10.4 Å².